The molecule has 1 heterocycles. The molecule has 1 fully saturated rings. The van der Waals surface area contributed by atoms with Crippen molar-refractivity contribution >= 4 is 11.8 Å². The first-order valence-electron chi connectivity index (χ1n) is 7.68. The predicted molar refractivity (Wildman–Crippen MR) is 78.4 cm³/mol. The van der Waals surface area contributed by atoms with Crippen molar-refractivity contribution in [1.82, 2.24) is 10.2 Å². The summed E-state index contributed by atoms with van der Waals surface area (Å²) < 4.78 is 5.04. The molecule has 1 atom stereocenters. The van der Waals surface area contributed by atoms with Crippen molar-refractivity contribution in [2.24, 2.45) is 0 Å². The molecule has 0 aromatic heterocycles. The summed E-state index contributed by atoms with van der Waals surface area (Å²) in [6.07, 6.45) is 3.72. The van der Waals surface area contributed by atoms with E-state index in [0.717, 1.165) is 12.8 Å². The average Bonchev–Trinajstić information content (AvgIpc) is 2.47. The second-order valence-corrected chi connectivity index (χ2v) is 5.36. The van der Waals surface area contributed by atoms with Crippen LogP contribution in [0.5, 0.6) is 0 Å². The van der Waals surface area contributed by atoms with Crippen LogP contribution in [0, 0.1) is 0 Å². The lowest BCUT2D eigenvalue weighted by atomic mass is 9.85. The van der Waals surface area contributed by atoms with Gasteiger partial charge in [-0.25, -0.2) is 0 Å². The van der Waals surface area contributed by atoms with Gasteiger partial charge in [0.05, 0.1) is 0 Å². The zero-order valence-electron chi connectivity index (χ0n) is 13.2. The van der Waals surface area contributed by atoms with Crippen LogP contribution in [0.25, 0.3) is 0 Å². The Hall–Kier alpha value is -1.10. The molecule has 116 valence electrons. The van der Waals surface area contributed by atoms with Crippen LogP contribution in [0.3, 0.4) is 0 Å². The third kappa shape index (κ3) is 3.14. The van der Waals surface area contributed by atoms with Crippen LogP contribution < -0.4 is 5.32 Å². The molecule has 2 amide bonds. The molecule has 1 aliphatic heterocycles. The van der Waals surface area contributed by atoms with E-state index in [9.17, 15) is 9.59 Å². The monoisotopic (exact) mass is 284 g/mol. The number of hydrogen-bond acceptors (Lipinski definition) is 3. The number of nitrogens with zero attached hydrogens (tertiary/aromatic N) is 1. The van der Waals surface area contributed by atoms with E-state index in [2.05, 4.69) is 5.32 Å². The van der Waals surface area contributed by atoms with Crippen LogP contribution in [0.15, 0.2) is 0 Å². The number of nitrogens with one attached hydrogen (secondary N) is 1. The Labute approximate surface area is 122 Å². The normalized spacial score (nSPS) is 22.0. The van der Waals surface area contributed by atoms with Gasteiger partial charge >= 0.3 is 0 Å². The van der Waals surface area contributed by atoms with Crippen molar-refractivity contribution < 1.29 is 14.3 Å². The van der Waals surface area contributed by atoms with Crippen molar-refractivity contribution in [3.63, 3.8) is 0 Å². The van der Waals surface area contributed by atoms with Crippen LogP contribution in [0.1, 0.15) is 52.9 Å². The van der Waals surface area contributed by atoms with Gasteiger partial charge in [0.15, 0.2) is 0 Å². The van der Waals surface area contributed by atoms with Gasteiger partial charge in [0, 0.05) is 20.3 Å². The first-order valence-corrected chi connectivity index (χ1v) is 7.68. The van der Waals surface area contributed by atoms with E-state index in [0.29, 0.717) is 32.4 Å². The fourth-order valence-corrected chi connectivity index (χ4v) is 2.95. The molecule has 1 rings (SSSR count). The largest absolute Gasteiger partial charge is 0.385 e. The molecular formula is C15H28N2O3. The van der Waals surface area contributed by atoms with Crippen molar-refractivity contribution in [3.05, 3.63) is 0 Å². The molecular weight excluding hydrogens is 256 g/mol. The van der Waals surface area contributed by atoms with Crippen molar-refractivity contribution in [1.29, 1.82) is 0 Å². The molecule has 0 aromatic rings. The molecule has 0 aliphatic carbocycles. The molecule has 0 radical (unpaired) electrons. The summed E-state index contributed by atoms with van der Waals surface area (Å²) in [4.78, 5) is 26.9. The van der Waals surface area contributed by atoms with E-state index in [1.54, 1.807) is 7.11 Å². The van der Waals surface area contributed by atoms with Crippen LogP contribution in [-0.2, 0) is 14.3 Å². The lowest BCUT2D eigenvalue weighted by Gasteiger charge is -2.47. The molecule has 0 spiro atoms. The maximum absolute atomic E-state index is 12.6. The lowest BCUT2D eigenvalue weighted by molar-refractivity contribution is -0.158. The van der Waals surface area contributed by atoms with Gasteiger partial charge < -0.3 is 15.0 Å². The van der Waals surface area contributed by atoms with E-state index in [1.165, 1.54) is 0 Å². The Morgan fingerprint density at radius 3 is 2.35 bits per heavy atom. The smallest absolute Gasteiger partial charge is 0.246 e. The van der Waals surface area contributed by atoms with Gasteiger partial charge in [-0.15, -0.1) is 0 Å². The minimum Gasteiger partial charge on any atom is -0.385 e. The molecule has 1 unspecified atom stereocenters. The minimum absolute atomic E-state index is 0.000640. The fourth-order valence-electron chi connectivity index (χ4n) is 2.95. The average molecular weight is 284 g/mol. The van der Waals surface area contributed by atoms with Crippen molar-refractivity contribution in [2.75, 3.05) is 20.3 Å². The summed E-state index contributed by atoms with van der Waals surface area (Å²) >= 11 is 0. The number of methoxy groups -OCH3 is 1. The fraction of sp³-hybridized carbons (Fsp3) is 0.867. The van der Waals surface area contributed by atoms with E-state index in [4.69, 9.17) is 4.74 Å². The van der Waals surface area contributed by atoms with E-state index in [1.807, 2.05) is 25.7 Å². The van der Waals surface area contributed by atoms with Crippen LogP contribution in [0.4, 0.5) is 0 Å². The third-order valence-corrected chi connectivity index (χ3v) is 4.37. The van der Waals surface area contributed by atoms with Crippen LogP contribution in [-0.4, -0.2) is 48.6 Å². The Balaban J connectivity index is 2.88. The van der Waals surface area contributed by atoms with Gasteiger partial charge in [-0.3, -0.25) is 9.59 Å². The van der Waals surface area contributed by atoms with Gasteiger partial charge in [-0.05, 0) is 32.1 Å². The SMILES string of the molecule is CCC1NC(=O)C(CC)(CC)N(CCCCOC)C1=O. The summed E-state index contributed by atoms with van der Waals surface area (Å²) in [5, 5.41) is 2.89. The number of rotatable bonds is 8. The van der Waals surface area contributed by atoms with Crippen LogP contribution in [0.2, 0.25) is 0 Å². The standard InChI is InChI=1S/C15H28N2O3/c1-5-12-13(18)17(10-8-9-11-20-4)15(6-2,7-3)14(19)16-12/h12H,5-11H2,1-4H3,(H,16,19). The van der Waals surface area contributed by atoms with Gasteiger partial charge in [-0.1, -0.05) is 20.8 Å². The van der Waals surface area contributed by atoms with E-state index >= 15 is 0 Å². The van der Waals surface area contributed by atoms with Crippen LogP contribution >= 0.6 is 0 Å². The van der Waals surface area contributed by atoms with E-state index in [-0.39, 0.29) is 17.9 Å². The summed E-state index contributed by atoms with van der Waals surface area (Å²) in [6, 6.07) is -0.365. The maximum Gasteiger partial charge on any atom is 0.246 e. The van der Waals surface area contributed by atoms with Gasteiger partial charge in [0.1, 0.15) is 11.6 Å². The Kier molecular flexibility index (Phi) is 6.46. The lowest BCUT2D eigenvalue weighted by Crippen LogP contribution is -2.70. The molecule has 0 saturated carbocycles. The molecule has 1 saturated heterocycles. The van der Waals surface area contributed by atoms with Gasteiger partial charge in [0.25, 0.3) is 0 Å². The predicted octanol–water partition coefficient (Wildman–Crippen LogP) is 1.71. The Morgan fingerprint density at radius 1 is 1.20 bits per heavy atom. The summed E-state index contributed by atoms with van der Waals surface area (Å²) in [5.74, 6) is 0.0638. The first-order chi connectivity index (χ1) is 9.57. The molecule has 1 N–H and O–H groups in total. The maximum atomic E-state index is 12.6. The molecule has 0 aromatic carbocycles. The highest BCUT2D eigenvalue weighted by Crippen LogP contribution is 2.29. The quantitative estimate of drug-likeness (QED) is 0.690. The highest BCUT2D eigenvalue weighted by atomic mass is 16.5. The Morgan fingerprint density at radius 2 is 1.85 bits per heavy atom. The number of ether oxygens (including phenoxy) is 1. The second kappa shape index (κ2) is 7.62. The zero-order valence-corrected chi connectivity index (χ0v) is 13.2. The molecule has 5 nitrogen and oxygen atoms in total. The summed E-state index contributed by atoms with van der Waals surface area (Å²) in [7, 11) is 1.68. The summed E-state index contributed by atoms with van der Waals surface area (Å²) in [6.45, 7) is 7.21. The Bertz CT molecular complexity index is 340. The number of hydrogen-bond donors (Lipinski definition) is 1. The van der Waals surface area contributed by atoms with Gasteiger partial charge in [0.2, 0.25) is 11.8 Å². The number of carbonyl (C=O) groups is 2. The van der Waals surface area contributed by atoms with Crippen molar-refractivity contribution in [2.45, 2.75) is 64.5 Å². The highest BCUT2D eigenvalue weighted by Gasteiger charge is 2.49. The van der Waals surface area contributed by atoms with Crippen molar-refractivity contribution in [3.8, 4) is 0 Å². The molecule has 20 heavy (non-hydrogen) atoms. The van der Waals surface area contributed by atoms with E-state index < -0.39 is 5.54 Å². The number of unbranched alkanes of at least 4 members (excludes halogenated alkanes) is 1. The molecule has 1 aliphatic rings. The first kappa shape index (κ1) is 17.0. The highest BCUT2D eigenvalue weighted by molar-refractivity contribution is 5.99. The molecule has 0 bridgehead atoms. The number of piperazine rings is 1. The number of carbonyl (C=O) groups excluding carboxylic acids is 2. The van der Waals surface area contributed by atoms with Gasteiger partial charge in [-0.2, -0.15) is 0 Å². The molecule has 5 heteroatoms. The summed E-state index contributed by atoms with van der Waals surface area (Å²) in [5.41, 5.74) is -0.671. The third-order valence-electron chi connectivity index (χ3n) is 4.37. The minimum atomic E-state index is -0.671. The second-order valence-electron chi connectivity index (χ2n) is 5.36. The topological polar surface area (TPSA) is 58.6 Å². The number of amides is 2. The zero-order chi connectivity index (χ0) is 15.2.